The molecule has 0 aliphatic heterocycles. The third-order valence-corrected chi connectivity index (χ3v) is 12.1. The van der Waals surface area contributed by atoms with Crippen molar-refractivity contribution in [1.29, 1.82) is 0 Å². The topological polar surface area (TPSA) is 30.7 Å². The van der Waals surface area contributed by atoms with Crippen molar-refractivity contribution in [3.8, 4) is 28.3 Å². The minimum absolute atomic E-state index is 0.735. The summed E-state index contributed by atoms with van der Waals surface area (Å²) in [6.45, 7) is 0. The molecule has 0 unspecified atom stereocenters. The van der Waals surface area contributed by atoms with Crippen molar-refractivity contribution in [3.63, 3.8) is 0 Å². The number of nitrogens with zero attached hydrogens (tertiary/aromatic N) is 3. The van der Waals surface area contributed by atoms with E-state index in [-0.39, 0.29) is 0 Å². The highest BCUT2D eigenvalue weighted by atomic mass is 32.1. The maximum atomic E-state index is 5.39. The van der Waals surface area contributed by atoms with Gasteiger partial charge in [0.05, 0.1) is 22.2 Å². The van der Waals surface area contributed by atoms with Gasteiger partial charge in [-0.25, -0.2) is 9.97 Å². The van der Waals surface area contributed by atoms with E-state index in [1.165, 1.54) is 74.3 Å². The molecule has 12 aromatic rings. The monoisotopic (exact) mass is 677 g/mol. The number of aromatic nitrogens is 3. The summed E-state index contributed by atoms with van der Waals surface area (Å²) in [5, 5.41) is 13.8. The van der Waals surface area contributed by atoms with Crippen molar-refractivity contribution in [2.24, 2.45) is 0 Å². The summed E-state index contributed by atoms with van der Waals surface area (Å²) in [5.74, 6) is 0.735. The Labute approximate surface area is 302 Å². The van der Waals surface area contributed by atoms with Crippen LogP contribution in [0.15, 0.2) is 164 Å². The second kappa shape index (κ2) is 10.5. The molecule has 12 rings (SSSR count). The van der Waals surface area contributed by atoms with Gasteiger partial charge in [-0.15, -0.1) is 11.3 Å². The van der Waals surface area contributed by atoms with E-state index in [4.69, 9.17) is 9.97 Å². The van der Waals surface area contributed by atoms with Crippen LogP contribution < -0.4 is 0 Å². The van der Waals surface area contributed by atoms with E-state index in [1.54, 1.807) is 0 Å². The molecule has 240 valence electrons. The van der Waals surface area contributed by atoms with Crippen LogP contribution in [-0.4, -0.2) is 14.5 Å². The molecule has 0 amide bonds. The van der Waals surface area contributed by atoms with Gasteiger partial charge in [0, 0.05) is 53.1 Å². The number of fused-ring (bicyclic) bond motifs is 8. The van der Waals surface area contributed by atoms with Gasteiger partial charge in [0.1, 0.15) is 0 Å². The molecule has 0 fully saturated rings. The minimum Gasteiger partial charge on any atom is -0.309 e. The van der Waals surface area contributed by atoms with Crippen molar-refractivity contribution in [2.45, 2.75) is 0 Å². The molecule has 0 aliphatic carbocycles. The highest BCUT2D eigenvalue weighted by Gasteiger charge is 2.22. The van der Waals surface area contributed by atoms with E-state index < -0.39 is 0 Å². The predicted molar refractivity (Wildman–Crippen MR) is 221 cm³/mol. The first-order valence-electron chi connectivity index (χ1n) is 17.7. The Morgan fingerprint density at radius 1 is 0.442 bits per heavy atom. The second-order valence-corrected chi connectivity index (χ2v) is 14.8. The van der Waals surface area contributed by atoms with E-state index in [1.807, 2.05) is 11.3 Å². The van der Waals surface area contributed by atoms with Crippen molar-refractivity contribution < 1.29 is 0 Å². The van der Waals surface area contributed by atoms with Gasteiger partial charge in [0.25, 0.3) is 0 Å². The molecular weight excluding hydrogens is 651 g/mol. The first-order valence-corrected chi connectivity index (χ1v) is 18.5. The van der Waals surface area contributed by atoms with Crippen LogP contribution in [-0.2, 0) is 0 Å². The Kier molecular flexibility index (Phi) is 5.65. The molecule has 0 saturated carbocycles. The lowest BCUT2D eigenvalue weighted by Crippen LogP contribution is -1.98. The lowest BCUT2D eigenvalue weighted by Gasteiger charge is -2.15. The van der Waals surface area contributed by atoms with Gasteiger partial charge < -0.3 is 4.57 Å². The minimum atomic E-state index is 0.735. The number of para-hydroxylation sites is 2. The Balaban J connectivity index is 1.23. The molecule has 4 heteroatoms. The second-order valence-electron chi connectivity index (χ2n) is 13.7. The van der Waals surface area contributed by atoms with Gasteiger partial charge in [-0.1, -0.05) is 127 Å². The largest absolute Gasteiger partial charge is 0.309 e. The third kappa shape index (κ3) is 3.84. The first kappa shape index (κ1) is 28.1. The molecule has 0 spiro atoms. The van der Waals surface area contributed by atoms with Crippen molar-refractivity contribution in [2.75, 3.05) is 0 Å². The molecule has 9 aromatic carbocycles. The summed E-state index contributed by atoms with van der Waals surface area (Å²) in [6, 6.07) is 59.4. The van der Waals surface area contributed by atoms with Crippen LogP contribution in [0, 0.1) is 0 Å². The average molecular weight is 678 g/mol. The van der Waals surface area contributed by atoms with Crippen LogP contribution in [0.25, 0.3) is 114 Å². The standard InChI is InChI=1S/C48H27N3S/c1-2-11-30(12-3-1)46-34-16-4-7-18-39(34)49-48(50-46)38-27-32(26-37-33-15-6-9-20-42(33)52-47(37)38)51-40-19-8-5-17-35(40)45-36-24-23-29-14-10-13-28-21-22-31(25-41(45)51)44(36)43(28)29/h1-27H. The van der Waals surface area contributed by atoms with Crippen LogP contribution in [0.4, 0.5) is 0 Å². The fourth-order valence-corrected chi connectivity index (χ4v) is 9.86. The number of thiophene rings is 1. The number of benzene rings is 9. The van der Waals surface area contributed by atoms with Gasteiger partial charge in [-0.3, -0.25) is 0 Å². The zero-order valence-electron chi connectivity index (χ0n) is 27.8. The lowest BCUT2D eigenvalue weighted by molar-refractivity contribution is 1.18. The van der Waals surface area contributed by atoms with Crippen molar-refractivity contribution in [1.82, 2.24) is 14.5 Å². The number of rotatable bonds is 3. The predicted octanol–water partition coefficient (Wildman–Crippen LogP) is 13.3. The third-order valence-electron chi connectivity index (χ3n) is 10.9. The molecule has 0 saturated heterocycles. The maximum absolute atomic E-state index is 5.39. The average Bonchev–Trinajstić information content (AvgIpc) is 3.75. The fourth-order valence-electron chi connectivity index (χ4n) is 8.66. The first-order chi connectivity index (χ1) is 25.8. The molecule has 3 heterocycles. The van der Waals surface area contributed by atoms with Crippen LogP contribution in [0.1, 0.15) is 0 Å². The summed E-state index contributed by atoms with van der Waals surface area (Å²) in [4.78, 5) is 10.7. The van der Waals surface area contributed by atoms with Gasteiger partial charge in [-0.2, -0.15) is 0 Å². The van der Waals surface area contributed by atoms with Gasteiger partial charge in [0.15, 0.2) is 5.82 Å². The highest BCUT2D eigenvalue weighted by molar-refractivity contribution is 7.26. The molecule has 3 nitrogen and oxygen atoms in total. The lowest BCUT2D eigenvalue weighted by atomic mass is 9.92. The van der Waals surface area contributed by atoms with Crippen molar-refractivity contribution in [3.05, 3.63) is 164 Å². The van der Waals surface area contributed by atoms with Crippen molar-refractivity contribution >= 4 is 96.5 Å². The van der Waals surface area contributed by atoms with Gasteiger partial charge in [-0.05, 0) is 68.7 Å². The Morgan fingerprint density at radius 2 is 1.17 bits per heavy atom. The van der Waals surface area contributed by atoms with E-state index >= 15 is 0 Å². The molecule has 0 atom stereocenters. The summed E-state index contributed by atoms with van der Waals surface area (Å²) in [5.41, 5.74) is 7.48. The summed E-state index contributed by atoms with van der Waals surface area (Å²) in [6.07, 6.45) is 0. The van der Waals surface area contributed by atoms with E-state index in [2.05, 4.69) is 168 Å². The quantitative estimate of drug-likeness (QED) is 0.174. The summed E-state index contributed by atoms with van der Waals surface area (Å²) < 4.78 is 4.92. The Hall–Kier alpha value is -6.62. The number of hydrogen-bond acceptors (Lipinski definition) is 3. The fraction of sp³-hybridized carbons (Fsp3) is 0. The zero-order chi connectivity index (χ0) is 33.9. The number of hydrogen-bond donors (Lipinski definition) is 0. The van der Waals surface area contributed by atoms with Crippen LogP contribution in [0.2, 0.25) is 0 Å². The molecule has 3 aromatic heterocycles. The smallest absolute Gasteiger partial charge is 0.161 e. The maximum Gasteiger partial charge on any atom is 0.161 e. The van der Waals surface area contributed by atoms with E-state index in [0.29, 0.717) is 0 Å². The zero-order valence-corrected chi connectivity index (χ0v) is 28.7. The SMILES string of the molecule is c1ccc(-c2nc(-c3cc(-n4c5ccccc5c5c6ccc7cccc8ccc(cc54)c6c87)cc4c3sc3ccccc34)nc3ccccc23)cc1. The Bertz CT molecular complexity index is 3390. The van der Waals surface area contributed by atoms with Crippen LogP contribution in [0.3, 0.4) is 0 Å². The van der Waals surface area contributed by atoms with Gasteiger partial charge in [0.2, 0.25) is 0 Å². The Morgan fingerprint density at radius 3 is 2.06 bits per heavy atom. The van der Waals surface area contributed by atoms with Crippen LogP contribution in [0.5, 0.6) is 0 Å². The summed E-state index contributed by atoms with van der Waals surface area (Å²) in [7, 11) is 0. The van der Waals surface area contributed by atoms with Gasteiger partial charge >= 0.3 is 0 Å². The molecular formula is C48H27N3S. The molecule has 0 bridgehead atoms. The molecule has 0 aliphatic rings. The molecule has 0 radical (unpaired) electrons. The molecule has 52 heavy (non-hydrogen) atoms. The molecule has 0 N–H and O–H groups in total. The highest BCUT2D eigenvalue weighted by Crippen LogP contribution is 2.46. The normalized spacial score (nSPS) is 12.2. The summed E-state index contributed by atoms with van der Waals surface area (Å²) >= 11 is 1.82. The van der Waals surface area contributed by atoms with E-state index in [9.17, 15) is 0 Å². The van der Waals surface area contributed by atoms with E-state index in [0.717, 1.165) is 39.2 Å². The van der Waals surface area contributed by atoms with Crippen LogP contribution >= 0.6 is 11.3 Å².